The number of methoxy groups -OCH3 is 1. The van der Waals surface area contributed by atoms with Gasteiger partial charge in [0.1, 0.15) is 4.90 Å². The molecule has 1 N–H and O–H groups in total. The number of carbonyl (C=O) groups is 1. The molecule has 0 aliphatic rings. The predicted octanol–water partition coefficient (Wildman–Crippen LogP) is 3.88. The van der Waals surface area contributed by atoms with E-state index in [1.807, 2.05) is 0 Å². The van der Waals surface area contributed by atoms with Gasteiger partial charge in [0.15, 0.2) is 5.75 Å². The van der Waals surface area contributed by atoms with Crippen molar-refractivity contribution in [1.29, 1.82) is 0 Å². The molecule has 0 radical (unpaired) electrons. The van der Waals surface area contributed by atoms with Gasteiger partial charge in [0.2, 0.25) is 5.75 Å². The van der Waals surface area contributed by atoms with Crippen LogP contribution in [-0.4, -0.2) is 27.6 Å². The number of rotatable bonds is 7. The Morgan fingerprint density at radius 1 is 1.03 bits per heavy atom. The number of benzene rings is 3. The van der Waals surface area contributed by atoms with E-state index in [-0.39, 0.29) is 27.3 Å². The minimum atomic E-state index is -4.10. The first-order chi connectivity index (χ1) is 14.4. The van der Waals surface area contributed by atoms with E-state index in [4.69, 9.17) is 20.5 Å². The fourth-order valence-corrected chi connectivity index (χ4v) is 3.74. The van der Waals surface area contributed by atoms with Gasteiger partial charge in [-0.15, -0.1) is 0 Å². The van der Waals surface area contributed by atoms with Gasteiger partial charge in [0, 0.05) is 5.56 Å². The quantitative estimate of drug-likeness (QED) is 0.339. The van der Waals surface area contributed by atoms with Crippen LogP contribution in [0.5, 0.6) is 11.5 Å². The number of nitrogens with zero attached hydrogens (tertiary/aromatic N) is 1. The number of halogens is 1. The van der Waals surface area contributed by atoms with Gasteiger partial charge >= 0.3 is 10.1 Å². The summed E-state index contributed by atoms with van der Waals surface area (Å²) in [6.45, 7) is 0. The highest BCUT2D eigenvalue weighted by atomic mass is 35.5. The highest BCUT2D eigenvalue weighted by molar-refractivity contribution is 7.87. The molecule has 3 aromatic carbocycles. The van der Waals surface area contributed by atoms with E-state index in [0.717, 1.165) is 0 Å². The summed E-state index contributed by atoms with van der Waals surface area (Å²) in [4.78, 5) is 12.0. The highest BCUT2D eigenvalue weighted by Gasteiger charge is 2.21. The molecule has 0 aromatic heterocycles. The van der Waals surface area contributed by atoms with Crippen molar-refractivity contribution >= 4 is 33.8 Å². The fourth-order valence-electron chi connectivity index (χ4n) is 2.46. The van der Waals surface area contributed by atoms with Crippen molar-refractivity contribution in [1.82, 2.24) is 5.43 Å². The number of amides is 1. The predicted molar refractivity (Wildman–Crippen MR) is 114 cm³/mol. The number of hydrazone groups is 1. The average Bonchev–Trinajstić information content (AvgIpc) is 2.76. The van der Waals surface area contributed by atoms with Crippen molar-refractivity contribution in [2.75, 3.05) is 7.11 Å². The van der Waals surface area contributed by atoms with Gasteiger partial charge in [0.05, 0.1) is 18.3 Å². The van der Waals surface area contributed by atoms with Crippen LogP contribution >= 0.6 is 11.6 Å². The van der Waals surface area contributed by atoms with E-state index in [1.165, 1.54) is 37.6 Å². The van der Waals surface area contributed by atoms with E-state index >= 15 is 0 Å². The second-order valence-electron chi connectivity index (χ2n) is 5.95. The van der Waals surface area contributed by atoms with Crippen LogP contribution in [0.4, 0.5) is 0 Å². The van der Waals surface area contributed by atoms with Crippen LogP contribution in [0.1, 0.15) is 15.9 Å². The lowest BCUT2D eigenvalue weighted by atomic mass is 10.2. The van der Waals surface area contributed by atoms with E-state index in [1.54, 1.807) is 48.5 Å². The van der Waals surface area contributed by atoms with Crippen LogP contribution < -0.4 is 14.3 Å². The minimum Gasteiger partial charge on any atom is -0.493 e. The van der Waals surface area contributed by atoms with Crippen LogP contribution in [0, 0.1) is 0 Å². The summed E-state index contributed by atoms with van der Waals surface area (Å²) in [5.41, 5.74) is 3.32. The molecule has 154 valence electrons. The Morgan fingerprint density at radius 3 is 2.30 bits per heavy atom. The SMILES string of the molecule is COc1cc(/C=N\NC(=O)c2ccccc2)cc(Cl)c1OS(=O)(=O)c1ccccc1. The molecule has 0 unspecified atom stereocenters. The van der Waals surface area contributed by atoms with Crippen LogP contribution in [0.25, 0.3) is 0 Å². The van der Waals surface area contributed by atoms with Crippen molar-refractivity contribution in [3.63, 3.8) is 0 Å². The van der Waals surface area contributed by atoms with Crippen LogP contribution in [-0.2, 0) is 10.1 Å². The van der Waals surface area contributed by atoms with Gasteiger partial charge in [0.25, 0.3) is 5.91 Å². The Labute approximate surface area is 179 Å². The first-order valence-corrected chi connectivity index (χ1v) is 10.4. The van der Waals surface area contributed by atoms with Gasteiger partial charge in [-0.2, -0.15) is 13.5 Å². The Kier molecular flexibility index (Phi) is 6.71. The largest absolute Gasteiger partial charge is 0.493 e. The summed E-state index contributed by atoms with van der Waals surface area (Å²) in [5.74, 6) is -0.426. The molecule has 0 fully saturated rings. The smallest absolute Gasteiger partial charge is 0.339 e. The van der Waals surface area contributed by atoms with Crippen molar-refractivity contribution < 1.29 is 22.1 Å². The zero-order valence-electron chi connectivity index (χ0n) is 15.8. The van der Waals surface area contributed by atoms with Crippen LogP contribution in [0.2, 0.25) is 5.02 Å². The van der Waals surface area contributed by atoms with Crippen LogP contribution in [0.3, 0.4) is 0 Å². The molecule has 0 atom stereocenters. The summed E-state index contributed by atoms with van der Waals surface area (Å²) in [5, 5.41) is 3.89. The second kappa shape index (κ2) is 9.43. The Morgan fingerprint density at radius 2 is 1.67 bits per heavy atom. The lowest BCUT2D eigenvalue weighted by Crippen LogP contribution is -2.17. The lowest BCUT2D eigenvalue weighted by Gasteiger charge is -2.13. The van der Waals surface area contributed by atoms with Crippen molar-refractivity contribution in [2.24, 2.45) is 5.10 Å². The van der Waals surface area contributed by atoms with Crippen molar-refractivity contribution in [3.8, 4) is 11.5 Å². The first kappa shape index (κ1) is 21.4. The van der Waals surface area contributed by atoms with Gasteiger partial charge < -0.3 is 8.92 Å². The third-order valence-electron chi connectivity index (χ3n) is 3.89. The molecule has 3 rings (SSSR count). The molecule has 0 saturated carbocycles. The maximum absolute atomic E-state index is 12.5. The molecule has 30 heavy (non-hydrogen) atoms. The molecule has 1 amide bonds. The summed E-state index contributed by atoms with van der Waals surface area (Å²) < 4.78 is 35.4. The normalized spacial score (nSPS) is 11.3. The molecule has 3 aromatic rings. The zero-order chi connectivity index (χ0) is 21.6. The molecular weight excluding hydrogens is 428 g/mol. The maximum atomic E-state index is 12.5. The molecule has 0 saturated heterocycles. The van der Waals surface area contributed by atoms with Gasteiger partial charge in [-0.3, -0.25) is 4.79 Å². The standard InChI is InChI=1S/C21H17ClN2O5S/c1-28-19-13-15(14-23-24-21(25)16-8-4-2-5-9-16)12-18(22)20(19)29-30(26,27)17-10-6-3-7-11-17/h2-14H,1H3,(H,24,25)/b23-14-. The lowest BCUT2D eigenvalue weighted by molar-refractivity contribution is 0.0955. The van der Waals surface area contributed by atoms with E-state index in [0.29, 0.717) is 11.1 Å². The number of nitrogens with one attached hydrogen (secondary N) is 1. The summed E-state index contributed by atoms with van der Waals surface area (Å²) >= 11 is 6.23. The monoisotopic (exact) mass is 444 g/mol. The number of ether oxygens (including phenoxy) is 1. The Bertz CT molecular complexity index is 1170. The maximum Gasteiger partial charge on any atom is 0.339 e. The number of carbonyl (C=O) groups excluding carboxylic acids is 1. The van der Waals surface area contributed by atoms with Crippen molar-refractivity contribution in [3.05, 3.63) is 88.9 Å². The molecule has 0 spiro atoms. The second-order valence-corrected chi connectivity index (χ2v) is 7.90. The Hall–Kier alpha value is -3.36. The zero-order valence-corrected chi connectivity index (χ0v) is 17.4. The van der Waals surface area contributed by atoms with Crippen molar-refractivity contribution in [2.45, 2.75) is 4.90 Å². The molecule has 0 bridgehead atoms. The van der Waals surface area contributed by atoms with E-state index in [2.05, 4.69) is 10.5 Å². The van der Waals surface area contributed by atoms with Gasteiger partial charge in [-0.05, 0) is 42.0 Å². The third kappa shape index (κ3) is 5.16. The van der Waals surface area contributed by atoms with Crippen LogP contribution in [0.15, 0.2) is 82.8 Å². The highest BCUT2D eigenvalue weighted by Crippen LogP contribution is 2.37. The Balaban J connectivity index is 1.79. The molecule has 0 heterocycles. The van der Waals surface area contributed by atoms with E-state index in [9.17, 15) is 13.2 Å². The third-order valence-corrected chi connectivity index (χ3v) is 5.41. The molecule has 9 heteroatoms. The summed E-state index contributed by atoms with van der Waals surface area (Å²) in [6, 6.07) is 19.2. The average molecular weight is 445 g/mol. The molecule has 0 aliphatic heterocycles. The first-order valence-electron chi connectivity index (χ1n) is 8.66. The fraction of sp³-hybridized carbons (Fsp3) is 0.0476. The molecular formula is C21H17ClN2O5S. The molecule has 7 nitrogen and oxygen atoms in total. The number of hydrogen-bond donors (Lipinski definition) is 1. The molecule has 0 aliphatic carbocycles. The van der Waals surface area contributed by atoms with E-state index < -0.39 is 10.1 Å². The van der Waals surface area contributed by atoms with Gasteiger partial charge in [-0.25, -0.2) is 5.43 Å². The summed E-state index contributed by atoms with van der Waals surface area (Å²) in [7, 11) is -2.74. The number of hydrogen-bond acceptors (Lipinski definition) is 6. The summed E-state index contributed by atoms with van der Waals surface area (Å²) in [6.07, 6.45) is 1.35. The van der Waals surface area contributed by atoms with Gasteiger partial charge in [-0.1, -0.05) is 48.0 Å². The minimum absolute atomic E-state index is 0.00434. The topological polar surface area (TPSA) is 94.1 Å².